The number of nitrogens with zero attached hydrogens (tertiary/aromatic N) is 3. The highest BCUT2D eigenvalue weighted by molar-refractivity contribution is 5.44. The molecular weight excluding hydrogens is 259 g/mol. The van der Waals surface area contributed by atoms with Gasteiger partial charge in [0, 0.05) is 18.1 Å². The van der Waals surface area contributed by atoms with Gasteiger partial charge in [0.15, 0.2) is 5.65 Å². The van der Waals surface area contributed by atoms with E-state index in [0.29, 0.717) is 11.6 Å². The molecule has 20 heavy (non-hydrogen) atoms. The number of nitrogens with one attached hydrogen (secondary N) is 1. The van der Waals surface area contributed by atoms with Gasteiger partial charge in [0.05, 0.1) is 12.3 Å². The van der Waals surface area contributed by atoms with Crippen LogP contribution in [0.1, 0.15) is 27.2 Å². The predicted octanol–water partition coefficient (Wildman–Crippen LogP) is 2.48. The predicted molar refractivity (Wildman–Crippen MR) is 74.2 cm³/mol. The zero-order valence-corrected chi connectivity index (χ0v) is 11.9. The van der Waals surface area contributed by atoms with Gasteiger partial charge in [-0.3, -0.25) is 0 Å². The Labute approximate surface area is 117 Å². The van der Waals surface area contributed by atoms with Crippen LogP contribution in [0, 0.1) is 11.2 Å². The van der Waals surface area contributed by atoms with Crippen LogP contribution in [0.25, 0.3) is 5.65 Å². The smallest absolute Gasteiger partial charge is 0.243 e. The minimum atomic E-state index is -0.325. The second kappa shape index (κ2) is 4.70. The lowest BCUT2D eigenvalue weighted by Gasteiger charge is -2.51. The maximum absolute atomic E-state index is 13.1. The van der Waals surface area contributed by atoms with Crippen molar-refractivity contribution in [3.63, 3.8) is 0 Å². The fourth-order valence-electron chi connectivity index (χ4n) is 2.69. The van der Waals surface area contributed by atoms with E-state index in [1.54, 1.807) is 6.07 Å². The molecule has 0 bridgehead atoms. The van der Waals surface area contributed by atoms with Gasteiger partial charge in [-0.15, -0.1) is 5.10 Å². The normalized spacial score (nSPS) is 24.6. The number of ether oxygens (including phenoxy) is 1. The van der Waals surface area contributed by atoms with Gasteiger partial charge in [0.25, 0.3) is 0 Å². The molecule has 6 heteroatoms. The molecule has 2 atom stereocenters. The maximum Gasteiger partial charge on any atom is 0.243 e. The van der Waals surface area contributed by atoms with E-state index in [4.69, 9.17) is 4.74 Å². The molecule has 0 saturated heterocycles. The summed E-state index contributed by atoms with van der Waals surface area (Å²) in [6, 6.07) is 3.26. The van der Waals surface area contributed by atoms with Gasteiger partial charge in [0.2, 0.25) is 5.95 Å². The summed E-state index contributed by atoms with van der Waals surface area (Å²) >= 11 is 0. The first-order valence-electron chi connectivity index (χ1n) is 6.90. The van der Waals surface area contributed by atoms with Gasteiger partial charge < -0.3 is 10.1 Å². The van der Waals surface area contributed by atoms with Gasteiger partial charge >= 0.3 is 0 Å². The number of rotatable bonds is 4. The first-order valence-corrected chi connectivity index (χ1v) is 6.90. The van der Waals surface area contributed by atoms with Gasteiger partial charge in [-0.2, -0.15) is 4.98 Å². The van der Waals surface area contributed by atoms with Crippen LogP contribution in [0.2, 0.25) is 0 Å². The average Bonchev–Trinajstić information content (AvgIpc) is 2.79. The van der Waals surface area contributed by atoms with Crippen molar-refractivity contribution in [3.05, 3.63) is 24.1 Å². The van der Waals surface area contributed by atoms with E-state index in [1.165, 1.54) is 16.8 Å². The number of hydrogen-bond donors (Lipinski definition) is 1. The first kappa shape index (κ1) is 13.3. The molecular formula is C14H19FN4O. The third-order valence-corrected chi connectivity index (χ3v) is 4.14. The molecule has 108 valence electrons. The van der Waals surface area contributed by atoms with E-state index in [9.17, 15) is 4.39 Å². The van der Waals surface area contributed by atoms with Crippen molar-refractivity contribution < 1.29 is 9.13 Å². The van der Waals surface area contributed by atoms with Crippen molar-refractivity contribution in [3.8, 4) is 0 Å². The highest BCUT2D eigenvalue weighted by Gasteiger charge is 2.49. The molecule has 1 fully saturated rings. The number of fused-ring (bicyclic) bond motifs is 1. The van der Waals surface area contributed by atoms with E-state index in [2.05, 4.69) is 29.2 Å². The number of aromatic nitrogens is 3. The van der Waals surface area contributed by atoms with E-state index >= 15 is 0 Å². The Bertz CT molecular complexity index is 625. The minimum Gasteiger partial charge on any atom is -0.378 e. The van der Waals surface area contributed by atoms with Gasteiger partial charge in [-0.1, -0.05) is 13.8 Å². The molecule has 0 radical (unpaired) electrons. The highest BCUT2D eigenvalue weighted by atomic mass is 19.1. The maximum atomic E-state index is 13.1. The minimum absolute atomic E-state index is 0.0404. The zero-order valence-electron chi connectivity index (χ0n) is 11.9. The van der Waals surface area contributed by atoms with Crippen molar-refractivity contribution in [1.29, 1.82) is 0 Å². The van der Waals surface area contributed by atoms with Crippen molar-refractivity contribution in [1.82, 2.24) is 14.6 Å². The van der Waals surface area contributed by atoms with Gasteiger partial charge in [-0.25, -0.2) is 8.91 Å². The molecule has 0 aromatic carbocycles. The first-order chi connectivity index (χ1) is 9.50. The fraction of sp³-hybridized carbons (Fsp3) is 0.571. The molecule has 3 rings (SSSR count). The van der Waals surface area contributed by atoms with Crippen molar-refractivity contribution >= 4 is 11.6 Å². The molecule has 0 amide bonds. The van der Waals surface area contributed by atoms with Crippen LogP contribution in [0.4, 0.5) is 10.3 Å². The average molecular weight is 278 g/mol. The molecule has 5 nitrogen and oxygen atoms in total. The molecule has 1 saturated carbocycles. The summed E-state index contributed by atoms with van der Waals surface area (Å²) in [5.74, 6) is 0.206. The molecule has 2 heterocycles. The third-order valence-electron chi connectivity index (χ3n) is 4.14. The standard InChI is InChI=1S/C14H19FN4O/c1-4-20-11-7-10(14(11,2)3)16-13-17-12-6-5-9(15)8-19(12)18-13/h5-6,8,10-11H,4,7H2,1-3H3,(H,16,18). The summed E-state index contributed by atoms with van der Waals surface area (Å²) in [4.78, 5) is 4.35. The highest BCUT2D eigenvalue weighted by Crippen LogP contribution is 2.44. The number of anilines is 1. The summed E-state index contributed by atoms with van der Waals surface area (Å²) in [5.41, 5.74) is 0.672. The van der Waals surface area contributed by atoms with Crippen molar-refractivity contribution in [2.24, 2.45) is 5.41 Å². The lowest BCUT2D eigenvalue weighted by molar-refractivity contribution is -0.0977. The van der Waals surface area contributed by atoms with E-state index < -0.39 is 0 Å². The Balaban J connectivity index is 1.74. The Kier molecular flexibility index (Phi) is 3.12. The van der Waals surface area contributed by atoms with Gasteiger partial charge in [0.1, 0.15) is 5.82 Å². The van der Waals surface area contributed by atoms with Gasteiger partial charge in [-0.05, 0) is 25.5 Å². The third kappa shape index (κ3) is 2.14. The topological polar surface area (TPSA) is 51.5 Å². The summed E-state index contributed by atoms with van der Waals surface area (Å²) in [6.45, 7) is 7.08. The molecule has 1 aliphatic rings. The summed E-state index contributed by atoms with van der Waals surface area (Å²) in [7, 11) is 0. The monoisotopic (exact) mass is 278 g/mol. The number of halogens is 1. The van der Waals surface area contributed by atoms with E-state index in [1.807, 2.05) is 6.92 Å². The van der Waals surface area contributed by atoms with Crippen LogP contribution in [0.5, 0.6) is 0 Å². The summed E-state index contributed by atoms with van der Waals surface area (Å²) in [6.07, 6.45) is 2.52. The lowest BCUT2D eigenvalue weighted by atomic mass is 9.64. The van der Waals surface area contributed by atoms with Crippen LogP contribution in [0.15, 0.2) is 18.3 Å². The largest absolute Gasteiger partial charge is 0.378 e. The Morgan fingerprint density at radius 3 is 3.00 bits per heavy atom. The molecule has 1 aliphatic carbocycles. The summed E-state index contributed by atoms with van der Waals surface area (Å²) in [5, 5.41) is 7.57. The fourth-order valence-corrected chi connectivity index (χ4v) is 2.69. The van der Waals surface area contributed by atoms with Crippen LogP contribution in [0.3, 0.4) is 0 Å². The Morgan fingerprint density at radius 1 is 1.50 bits per heavy atom. The Hall–Kier alpha value is -1.69. The van der Waals surface area contributed by atoms with Crippen LogP contribution >= 0.6 is 0 Å². The molecule has 2 unspecified atom stereocenters. The lowest BCUT2D eigenvalue weighted by Crippen LogP contribution is -2.58. The van der Waals surface area contributed by atoms with Crippen LogP contribution in [-0.4, -0.2) is 33.4 Å². The molecule has 2 aromatic heterocycles. The number of hydrogen-bond acceptors (Lipinski definition) is 4. The molecule has 2 aromatic rings. The van der Waals surface area contributed by atoms with E-state index in [-0.39, 0.29) is 23.4 Å². The number of pyridine rings is 1. The molecule has 0 spiro atoms. The second-order valence-corrected chi connectivity index (χ2v) is 5.78. The van der Waals surface area contributed by atoms with Crippen molar-refractivity contribution in [2.75, 3.05) is 11.9 Å². The van der Waals surface area contributed by atoms with E-state index in [0.717, 1.165) is 13.0 Å². The summed E-state index contributed by atoms with van der Waals surface area (Å²) < 4.78 is 20.3. The SMILES string of the molecule is CCOC1CC(Nc2nc3ccc(F)cn3n2)C1(C)C. The van der Waals surface area contributed by atoms with Crippen molar-refractivity contribution in [2.45, 2.75) is 39.3 Å². The zero-order chi connectivity index (χ0) is 14.3. The second-order valence-electron chi connectivity index (χ2n) is 5.78. The molecule has 1 N–H and O–H groups in total. The molecule has 0 aliphatic heterocycles. The Morgan fingerprint density at radius 2 is 2.30 bits per heavy atom. The van der Waals surface area contributed by atoms with Crippen LogP contribution in [-0.2, 0) is 4.74 Å². The van der Waals surface area contributed by atoms with Crippen LogP contribution < -0.4 is 5.32 Å². The quantitative estimate of drug-likeness (QED) is 0.933.